The number of rotatable bonds is 6. The highest BCUT2D eigenvalue weighted by molar-refractivity contribution is 5.66. The number of hydrogen-bond acceptors (Lipinski definition) is 3. The van der Waals surface area contributed by atoms with Crippen molar-refractivity contribution in [2.75, 3.05) is 30.8 Å². The van der Waals surface area contributed by atoms with Crippen molar-refractivity contribution in [1.82, 2.24) is 0 Å². The Hall–Kier alpha value is -1.22. The van der Waals surface area contributed by atoms with E-state index in [9.17, 15) is 0 Å². The van der Waals surface area contributed by atoms with Crippen LogP contribution in [0.1, 0.15) is 18.4 Å². The van der Waals surface area contributed by atoms with Crippen LogP contribution in [0.5, 0.6) is 0 Å². The summed E-state index contributed by atoms with van der Waals surface area (Å²) >= 11 is 0. The van der Waals surface area contributed by atoms with Gasteiger partial charge in [0.15, 0.2) is 0 Å². The van der Waals surface area contributed by atoms with Crippen LogP contribution in [0.25, 0.3) is 0 Å². The molecule has 0 saturated heterocycles. The SMILES string of the molecule is Cc1ccc(N)c(NCCOCC2CC2)c1. The topological polar surface area (TPSA) is 47.3 Å². The molecule has 0 unspecified atom stereocenters. The molecule has 1 aromatic rings. The maximum Gasteiger partial charge on any atom is 0.0639 e. The zero-order valence-corrected chi connectivity index (χ0v) is 9.83. The first-order valence-electron chi connectivity index (χ1n) is 5.93. The number of ether oxygens (including phenoxy) is 1. The van der Waals surface area contributed by atoms with E-state index in [4.69, 9.17) is 10.5 Å². The quantitative estimate of drug-likeness (QED) is 0.571. The highest BCUT2D eigenvalue weighted by atomic mass is 16.5. The fourth-order valence-corrected chi connectivity index (χ4v) is 1.62. The van der Waals surface area contributed by atoms with Crippen molar-refractivity contribution in [2.45, 2.75) is 19.8 Å². The summed E-state index contributed by atoms with van der Waals surface area (Å²) in [6.07, 6.45) is 2.69. The fraction of sp³-hybridized carbons (Fsp3) is 0.538. The molecule has 0 atom stereocenters. The molecule has 3 N–H and O–H groups in total. The molecule has 0 radical (unpaired) electrons. The Morgan fingerprint density at radius 1 is 1.44 bits per heavy atom. The minimum Gasteiger partial charge on any atom is -0.397 e. The predicted molar refractivity (Wildman–Crippen MR) is 67.6 cm³/mol. The second-order valence-corrected chi connectivity index (χ2v) is 4.54. The smallest absolute Gasteiger partial charge is 0.0639 e. The summed E-state index contributed by atoms with van der Waals surface area (Å²) in [6.45, 7) is 4.56. The van der Waals surface area contributed by atoms with Gasteiger partial charge in [0, 0.05) is 13.2 Å². The van der Waals surface area contributed by atoms with Crippen LogP contribution in [0, 0.1) is 12.8 Å². The first kappa shape index (κ1) is 11.3. The zero-order valence-electron chi connectivity index (χ0n) is 9.83. The number of hydrogen-bond donors (Lipinski definition) is 2. The summed E-state index contributed by atoms with van der Waals surface area (Å²) in [5.74, 6) is 0.837. The molecule has 1 fully saturated rings. The molecule has 0 heterocycles. The van der Waals surface area contributed by atoms with Gasteiger partial charge < -0.3 is 15.8 Å². The summed E-state index contributed by atoms with van der Waals surface area (Å²) < 4.78 is 5.55. The lowest BCUT2D eigenvalue weighted by Gasteiger charge is -2.10. The van der Waals surface area contributed by atoms with Gasteiger partial charge in [0.05, 0.1) is 18.0 Å². The number of nitrogen functional groups attached to an aromatic ring is 1. The van der Waals surface area contributed by atoms with Crippen LogP contribution in [0.3, 0.4) is 0 Å². The molecule has 0 spiro atoms. The highest BCUT2D eigenvalue weighted by Gasteiger charge is 2.20. The number of anilines is 2. The summed E-state index contributed by atoms with van der Waals surface area (Å²) in [4.78, 5) is 0. The summed E-state index contributed by atoms with van der Waals surface area (Å²) in [5.41, 5.74) is 8.89. The monoisotopic (exact) mass is 220 g/mol. The number of aryl methyl sites for hydroxylation is 1. The summed E-state index contributed by atoms with van der Waals surface area (Å²) in [7, 11) is 0. The van der Waals surface area contributed by atoms with E-state index >= 15 is 0 Å². The lowest BCUT2D eigenvalue weighted by atomic mass is 10.2. The van der Waals surface area contributed by atoms with E-state index in [0.29, 0.717) is 0 Å². The molecular weight excluding hydrogens is 200 g/mol. The summed E-state index contributed by atoms with van der Waals surface area (Å²) in [5, 5.41) is 3.30. The van der Waals surface area contributed by atoms with Gasteiger partial charge in [0.25, 0.3) is 0 Å². The van der Waals surface area contributed by atoms with Gasteiger partial charge in [-0.25, -0.2) is 0 Å². The van der Waals surface area contributed by atoms with E-state index in [0.717, 1.165) is 37.1 Å². The minimum absolute atomic E-state index is 0.754. The second kappa shape index (κ2) is 5.21. The predicted octanol–water partition coefficient (Wildman–Crippen LogP) is 2.42. The van der Waals surface area contributed by atoms with Crippen molar-refractivity contribution in [3.8, 4) is 0 Å². The van der Waals surface area contributed by atoms with Crippen molar-refractivity contribution in [1.29, 1.82) is 0 Å². The molecule has 1 aromatic carbocycles. The lowest BCUT2D eigenvalue weighted by Crippen LogP contribution is -2.11. The van der Waals surface area contributed by atoms with Crippen LogP contribution >= 0.6 is 0 Å². The molecule has 3 nitrogen and oxygen atoms in total. The average Bonchev–Trinajstić information content (AvgIpc) is 3.06. The van der Waals surface area contributed by atoms with E-state index in [2.05, 4.69) is 18.3 Å². The van der Waals surface area contributed by atoms with Gasteiger partial charge in [-0.05, 0) is 43.4 Å². The highest BCUT2D eigenvalue weighted by Crippen LogP contribution is 2.28. The second-order valence-electron chi connectivity index (χ2n) is 4.54. The van der Waals surface area contributed by atoms with E-state index in [-0.39, 0.29) is 0 Å². The molecule has 0 amide bonds. The normalized spacial score (nSPS) is 15.1. The molecule has 0 aliphatic heterocycles. The molecule has 1 saturated carbocycles. The third-order valence-corrected chi connectivity index (χ3v) is 2.82. The number of nitrogens with two attached hydrogens (primary N) is 1. The van der Waals surface area contributed by atoms with Gasteiger partial charge in [-0.15, -0.1) is 0 Å². The Kier molecular flexibility index (Phi) is 3.67. The Labute approximate surface area is 97.0 Å². The molecule has 2 rings (SSSR count). The first-order valence-corrected chi connectivity index (χ1v) is 5.93. The van der Waals surface area contributed by atoms with Crippen LogP contribution in [0.2, 0.25) is 0 Å². The van der Waals surface area contributed by atoms with E-state index in [1.54, 1.807) is 0 Å². The van der Waals surface area contributed by atoms with Gasteiger partial charge in [-0.1, -0.05) is 6.07 Å². The average molecular weight is 220 g/mol. The Morgan fingerprint density at radius 3 is 3.00 bits per heavy atom. The minimum atomic E-state index is 0.754. The first-order chi connectivity index (χ1) is 7.75. The molecule has 88 valence electrons. The maximum atomic E-state index is 5.86. The van der Waals surface area contributed by atoms with E-state index in [1.807, 2.05) is 12.1 Å². The molecule has 1 aliphatic carbocycles. The van der Waals surface area contributed by atoms with Crippen LogP contribution in [0.4, 0.5) is 11.4 Å². The maximum absolute atomic E-state index is 5.86. The number of benzene rings is 1. The third kappa shape index (κ3) is 3.42. The van der Waals surface area contributed by atoms with Gasteiger partial charge >= 0.3 is 0 Å². The molecule has 16 heavy (non-hydrogen) atoms. The Morgan fingerprint density at radius 2 is 2.25 bits per heavy atom. The van der Waals surface area contributed by atoms with Crippen molar-refractivity contribution < 1.29 is 4.74 Å². The van der Waals surface area contributed by atoms with Gasteiger partial charge in [-0.3, -0.25) is 0 Å². The van der Waals surface area contributed by atoms with Crippen molar-refractivity contribution in [3.05, 3.63) is 23.8 Å². The van der Waals surface area contributed by atoms with Gasteiger partial charge in [0.1, 0.15) is 0 Å². The van der Waals surface area contributed by atoms with Crippen molar-refractivity contribution >= 4 is 11.4 Å². The summed E-state index contributed by atoms with van der Waals surface area (Å²) in [6, 6.07) is 6.02. The fourth-order valence-electron chi connectivity index (χ4n) is 1.62. The Balaban J connectivity index is 1.69. The molecular formula is C13H20N2O. The molecule has 3 heteroatoms. The number of nitrogens with one attached hydrogen (secondary N) is 1. The molecule has 1 aliphatic rings. The standard InChI is InChI=1S/C13H20N2O/c1-10-2-5-12(14)13(8-10)15-6-7-16-9-11-3-4-11/h2,5,8,11,15H,3-4,6-7,9,14H2,1H3. The largest absolute Gasteiger partial charge is 0.397 e. The molecule has 0 bridgehead atoms. The van der Waals surface area contributed by atoms with Gasteiger partial charge in [0.2, 0.25) is 0 Å². The third-order valence-electron chi connectivity index (χ3n) is 2.82. The van der Waals surface area contributed by atoms with E-state index < -0.39 is 0 Å². The Bertz CT molecular complexity index is 348. The van der Waals surface area contributed by atoms with Gasteiger partial charge in [-0.2, -0.15) is 0 Å². The van der Waals surface area contributed by atoms with E-state index in [1.165, 1.54) is 18.4 Å². The van der Waals surface area contributed by atoms with Crippen LogP contribution < -0.4 is 11.1 Å². The van der Waals surface area contributed by atoms with Crippen LogP contribution in [-0.4, -0.2) is 19.8 Å². The molecule has 0 aromatic heterocycles. The van der Waals surface area contributed by atoms with Crippen molar-refractivity contribution in [2.24, 2.45) is 5.92 Å². The van der Waals surface area contributed by atoms with Crippen LogP contribution in [0.15, 0.2) is 18.2 Å². The van der Waals surface area contributed by atoms with Crippen LogP contribution in [-0.2, 0) is 4.74 Å². The lowest BCUT2D eigenvalue weighted by molar-refractivity contribution is 0.134. The zero-order chi connectivity index (χ0) is 11.4. The van der Waals surface area contributed by atoms with Crippen molar-refractivity contribution in [3.63, 3.8) is 0 Å².